The molecule has 17 heavy (non-hydrogen) atoms. The molecule has 0 saturated heterocycles. The molecule has 98 valence electrons. The lowest BCUT2D eigenvalue weighted by atomic mass is 10.0. The summed E-state index contributed by atoms with van der Waals surface area (Å²) in [6, 6.07) is 0. The van der Waals surface area contributed by atoms with Gasteiger partial charge in [-0.05, 0) is 43.9 Å². The highest BCUT2D eigenvalue weighted by Gasteiger charge is 2.47. The zero-order chi connectivity index (χ0) is 12.5. The van der Waals surface area contributed by atoms with E-state index in [-0.39, 0.29) is 18.2 Å². The summed E-state index contributed by atoms with van der Waals surface area (Å²) < 4.78 is 35.5. The molecule has 2 atom stereocenters. The molecule has 0 bridgehead atoms. The molecule has 2 rings (SSSR count). The van der Waals surface area contributed by atoms with E-state index in [2.05, 4.69) is 5.32 Å². The quantitative estimate of drug-likeness (QED) is 0.746. The highest BCUT2D eigenvalue weighted by molar-refractivity contribution is 5.79. The molecule has 0 heterocycles. The van der Waals surface area contributed by atoms with Crippen molar-refractivity contribution < 1.29 is 18.0 Å². The fourth-order valence-electron chi connectivity index (χ4n) is 2.74. The lowest BCUT2D eigenvalue weighted by molar-refractivity contribution is -0.135. The van der Waals surface area contributed by atoms with Crippen LogP contribution in [0.4, 0.5) is 13.2 Å². The van der Waals surface area contributed by atoms with Crippen molar-refractivity contribution in [3.8, 4) is 0 Å². The summed E-state index contributed by atoms with van der Waals surface area (Å²) in [4.78, 5) is 11.6. The molecule has 2 nitrogen and oxygen atoms in total. The van der Waals surface area contributed by atoms with Gasteiger partial charge < -0.3 is 5.32 Å². The smallest absolute Gasteiger partial charge is 0.356 e. The Labute approximate surface area is 98.9 Å². The number of alkyl halides is 3. The molecule has 2 saturated carbocycles. The molecule has 2 aliphatic rings. The molecule has 2 unspecified atom stereocenters. The molecule has 0 spiro atoms. The van der Waals surface area contributed by atoms with E-state index in [1.165, 1.54) is 6.42 Å². The largest absolute Gasteiger partial charge is 0.389 e. The standard InChI is InChI=1S/C12H18F3NO/c13-12(14,15)3-1-2-4-16-11(17)10-6-8-5-9(8)7-10/h8-10H,1-7H2,(H,16,17). The van der Waals surface area contributed by atoms with E-state index in [0.29, 0.717) is 13.0 Å². The monoisotopic (exact) mass is 249 g/mol. The van der Waals surface area contributed by atoms with Crippen LogP contribution >= 0.6 is 0 Å². The Kier molecular flexibility index (Phi) is 3.64. The molecule has 1 N–H and O–H groups in total. The summed E-state index contributed by atoms with van der Waals surface area (Å²) in [5.74, 6) is 1.69. The number of carbonyl (C=O) groups is 1. The minimum atomic E-state index is -4.07. The molecule has 1 amide bonds. The average molecular weight is 249 g/mol. The van der Waals surface area contributed by atoms with Crippen LogP contribution in [0, 0.1) is 17.8 Å². The van der Waals surface area contributed by atoms with Gasteiger partial charge in [-0.15, -0.1) is 0 Å². The first-order valence-electron chi connectivity index (χ1n) is 6.30. The van der Waals surface area contributed by atoms with Crippen LogP contribution in [0.25, 0.3) is 0 Å². The molecule has 0 aromatic rings. The Bertz CT molecular complexity index is 280. The van der Waals surface area contributed by atoms with Gasteiger partial charge in [0.25, 0.3) is 0 Å². The summed E-state index contributed by atoms with van der Waals surface area (Å²) in [5.41, 5.74) is 0. The van der Waals surface area contributed by atoms with Gasteiger partial charge in [-0.2, -0.15) is 13.2 Å². The zero-order valence-electron chi connectivity index (χ0n) is 9.72. The molecule has 2 fully saturated rings. The van der Waals surface area contributed by atoms with Crippen molar-refractivity contribution in [3.05, 3.63) is 0 Å². The molecule has 0 radical (unpaired) electrons. The van der Waals surface area contributed by atoms with Crippen LogP contribution in [0.5, 0.6) is 0 Å². The number of carbonyl (C=O) groups excluding carboxylic acids is 1. The Morgan fingerprint density at radius 2 is 1.76 bits per heavy atom. The van der Waals surface area contributed by atoms with Gasteiger partial charge in [0.1, 0.15) is 0 Å². The minimum Gasteiger partial charge on any atom is -0.356 e. The zero-order valence-corrected chi connectivity index (χ0v) is 9.72. The highest BCUT2D eigenvalue weighted by atomic mass is 19.4. The van der Waals surface area contributed by atoms with E-state index in [1.54, 1.807) is 0 Å². The van der Waals surface area contributed by atoms with Crippen LogP contribution in [-0.2, 0) is 4.79 Å². The van der Waals surface area contributed by atoms with E-state index in [4.69, 9.17) is 0 Å². The van der Waals surface area contributed by atoms with Gasteiger partial charge in [-0.3, -0.25) is 4.79 Å². The van der Waals surface area contributed by atoms with Crippen molar-refractivity contribution in [1.29, 1.82) is 0 Å². The van der Waals surface area contributed by atoms with E-state index >= 15 is 0 Å². The normalized spacial score (nSPS) is 31.1. The molecule has 0 aromatic carbocycles. The number of unbranched alkanes of at least 4 members (excludes halogenated alkanes) is 1. The maximum Gasteiger partial charge on any atom is 0.389 e. The van der Waals surface area contributed by atoms with E-state index < -0.39 is 12.6 Å². The molecular weight excluding hydrogens is 231 g/mol. The first-order chi connectivity index (χ1) is 7.96. The second-order valence-electron chi connectivity index (χ2n) is 5.29. The van der Waals surface area contributed by atoms with E-state index in [9.17, 15) is 18.0 Å². The van der Waals surface area contributed by atoms with E-state index in [0.717, 1.165) is 24.7 Å². The van der Waals surface area contributed by atoms with Crippen LogP contribution in [0.15, 0.2) is 0 Å². The SMILES string of the molecule is O=C(NCCCCC(F)(F)F)C1CC2CC2C1. The fourth-order valence-corrected chi connectivity index (χ4v) is 2.74. The van der Waals surface area contributed by atoms with Gasteiger partial charge in [0.15, 0.2) is 0 Å². The van der Waals surface area contributed by atoms with Crippen molar-refractivity contribution in [2.75, 3.05) is 6.54 Å². The molecule has 2 aliphatic carbocycles. The van der Waals surface area contributed by atoms with Gasteiger partial charge in [0, 0.05) is 18.9 Å². The Morgan fingerprint density at radius 3 is 2.35 bits per heavy atom. The summed E-state index contributed by atoms with van der Waals surface area (Å²) >= 11 is 0. The van der Waals surface area contributed by atoms with Gasteiger partial charge in [0.05, 0.1) is 0 Å². The summed E-state index contributed by atoms with van der Waals surface area (Å²) in [7, 11) is 0. The summed E-state index contributed by atoms with van der Waals surface area (Å²) in [5, 5.41) is 2.75. The third kappa shape index (κ3) is 3.89. The number of rotatable bonds is 5. The lowest BCUT2D eigenvalue weighted by Gasteiger charge is -2.12. The predicted molar refractivity (Wildman–Crippen MR) is 57.2 cm³/mol. The number of fused-ring (bicyclic) bond motifs is 1. The summed E-state index contributed by atoms with van der Waals surface area (Å²) in [6.45, 7) is 0.376. The van der Waals surface area contributed by atoms with Crippen LogP contribution < -0.4 is 5.32 Å². The van der Waals surface area contributed by atoms with Crippen LogP contribution in [0.3, 0.4) is 0 Å². The van der Waals surface area contributed by atoms with Crippen LogP contribution in [0.2, 0.25) is 0 Å². The third-order valence-corrected chi connectivity index (χ3v) is 3.80. The van der Waals surface area contributed by atoms with E-state index in [1.807, 2.05) is 0 Å². The van der Waals surface area contributed by atoms with Gasteiger partial charge in [0.2, 0.25) is 5.91 Å². The van der Waals surface area contributed by atoms with Crippen molar-refractivity contribution >= 4 is 5.91 Å². The third-order valence-electron chi connectivity index (χ3n) is 3.80. The van der Waals surface area contributed by atoms with Crippen molar-refractivity contribution in [1.82, 2.24) is 5.32 Å². The lowest BCUT2D eigenvalue weighted by Crippen LogP contribution is -2.30. The van der Waals surface area contributed by atoms with Crippen molar-refractivity contribution in [3.63, 3.8) is 0 Å². The van der Waals surface area contributed by atoms with Crippen LogP contribution in [0.1, 0.15) is 38.5 Å². The molecule has 5 heteroatoms. The predicted octanol–water partition coefficient (Wildman–Crippen LogP) is 2.88. The first-order valence-corrected chi connectivity index (χ1v) is 6.30. The Balaban J connectivity index is 1.52. The highest BCUT2D eigenvalue weighted by Crippen LogP contribution is 2.54. The van der Waals surface area contributed by atoms with Gasteiger partial charge >= 0.3 is 6.18 Å². The maximum absolute atomic E-state index is 11.8. The van der Waals surface area contributed by atoms with Crippen LogP contribution in [-0.4, -0.2) is 18.6 Å². The van der Waals surface area contributed by atoms with Gasteiger partial charge in [-0.25, -0.2) is 0 Å². The maximum atomic E-state index is 11.8. The molecule has 0 aliphatic heterocycles. The first kappa shape index (κ1) is 12.7. The molecule has 0 aromatic heterocycles. The minimum absolute atomic E-state index is 0.0456. The Morgan fingerprint density at radius 1 is 1.12 bits per heavy atom. The van der Waals surface area contributed by atoms with Crippen molar-refractivity contribution in [2.24, 2.45) is 17.8 Å². The molecular formula is C12H18F3NO. The Hall–Kier alpha value is -0.740. The second-order valence-corrected chi connectivity index (χ2v) is 5.29. The van der Waals surface area contributed by atoms with Gasteiger partial charge in [-0.1, -0.05) is 0 Å². The number of nitrogens with one attached hydrogen (secondary N) is 1. The number of hydrogen-bond donors (Lipinski definition) is 1. The number of halogens is 3. The summed E-state index contributed by atoms with van der Waals surface area (Å²) in [6.07, 6.45) is -1.08. The second kappa shape index (κ2) is 4.86. The average Bonchev–Trinajstić information content (AvgIpc) is 2.83. The number of amides is 1. The number of hydrogen-bond acceptors (Lipinski definition) is 1. The fraction of sp³-hybridized carbons (Fsp3) is 0.917. The topological polar surface area (TPSA) is 29.1 Å². The van der Waals surface area contributed by atoms with Crippen molar-refractivity contribution in [2.45, 2.75) is 44.7 Å².